The van der Waals surface area contributed by atoms with Gasteiger partial charge in [-0.05, 0) is 34.7 Å². The molecule has 0 saturated heterocycles. The minimum absolute atomic E-state index is 0.656. The maximum atomic E-state index is 4.60. The molecule has 2 heterocycles. The summed E-state index contributed by atoms with van der Waals surface area (Å²) in [5.74, 6) is 1.81. The van der Waals surface area contributed by atoms with E-state index in [2.05, 4.69) is 44.9 Å². The lowest BCUT2D eigenvalue weighted by Crippen LogP contribution is -2.17. The van der Waals surface area contributed by atoms with Crippen molar-refractivity contribution in [1.29, 1.82) is 0 Å². The van der Waals surface area contributed by atoms with Crippen LogP contribution in [0.1, 0.15) is 26.0 Å². The molecule has 1 aromatic heterocycles. The Balaban J connectivity index is 2.29. The van der Waals surface area contributed by atoms with E-state index < -0.39 is 0 Å². The second-order valence-electron chi connectivity index (χ2n) is 4.21. The van der Waals surface area contributed by atoms with Crippen molar-refractivity contribution in [3.8, 4) is 0 Å². The van der Waals surface area contributed by atoms with Crippen LogP contribution in [0.15, 0.2) is 4.47 Å². The fourth-order valence-corrected chi connectivity index (χ4v) is 2.36. The van der Waals surface area contributed by atoms with Gasteiger partial charge in [-0.2, -0.15) is 5.10 Å². The maximum Gasteiger partial charge on any atom is 0.138 e. The minimum atomic E-state index is 0.656. The van der Waals surface area contributed by atoms with Gasteiger partial charge in [-0.3, -0.25) is 0 Å². The number of nitrogens with one attached hydrogen (secondary N) is 1. The van der Waals surface area contributed by atoms with Gasteiger partial charge in [-0.25, -0.2) is 4.68 Å². The summed E-state index contributed by atoms with van der Waals surface area (Å²) in [6, 6.07) is 0. The maximum absolute atomic E-state index is 4.60. The van der Waals surface area contributed by atoms with Crippen molar-refractivity contribution in [2.45, 2.75) is 33.2 Å². The number of nitrogens with zero attached hydrogens (tertiary/aromatic N) is 2. The Morgan fingerprint density at radius 2 is 2.36 bits per heavy atom. The lowest BCUT2D eigenvalue weighted by molar-refractivity contribution is 0.550. The van der Waals surface area contributed by atoms with Gasteiger partial charge in [-0.1, -0.05) is 13.8 Å². The van der Waals surface area contributed by atoms with E-state index in [0.717, 1.165) is 29.8 Å². The third kappa shape index (κ3) is 1.80. The molecule has 0 aromatic carbocycles. The molecule has 1 aromatic rings. The van der Waals surface area contributed by atoms with Crippen LogP contribution in [0.3, 0.4) is 0 Å². The molecule has 1 aliphatic heterocycles. The smallest absolute Gasteiger partial charge is 0.138 e. The molecule has 0 aliphatic carbocycles. The van der Waals surface area contributed by atoms with E-state index in [1.807, 2.05) is 0 Å². The Labute approximate surface area is 93.0 Å². The highest BCUT2D eigenvalue weighted by Gasteiger charge is 2.18. The largest absolute Gasteiger partial charge is 0.369 e. The number of aromatic nitrogens is 2. The molecule has 0 spiro atoms. The van der Waals surface area contributed by atoms with E-state index in [-0.39, 0.29) is 0 Å². The molecule has 0 radical (unpaired) electrons. The van der Waals surface area contributed by atoms with Crippen molar-refractivity contribution < 1.29 is 0 Å². The topological polar surface area (TPSA) is 29.9 Å². The van der Waals surface area contributed by atoms with Crippen LogP contribution in [0, 0.1) is 5.92 Å². The third-order valence-corrected chi connectivity index (χ3v) is 3.23. The summed E-state index contributed by atoms with van der Waals surface area (Å²) in [6.45, 7) is 6.54. The Morgan fingerprint density at radius 1 is 1.57 bits per heavy atom. The van der Waals surface area contributed by atoms with Crippen molar-refractivity contribution in [2.75, 3.05) is 11.9 Å². The van der Waals surface area contributed by atoms with E-state index in [1.54, 1.807) is 0 Å². The summed E-state index contributed by atoms with van der Waals surface area (Å²) < 4.78 is 3.23. The first-order valence-electron chi connectivity index (χ1n) is 5.17. The van der Waals surface area contributed by atoms with Crippen molar-refractivity contribution in [1.82, 2.24) is 9.78 Å². The van der Waals surface area contributed by atoms with Gasteiger partial charge in [0.15, 0.2) is 0 Å². The first-order valence-corrected chi connectivity index (χ1v) is 5.97. The highest BCUT2D eigenvalue weighted by molar-refractivity contribution is 9.10. The van der Waals surface area contributed by atoms with E-state index in [0.29, 0.717) is 5.92 Å². The molecule has 3 nitrogen and oxygen atoms in total. The van der Waals surface area contributed by atoms with Gasteiger partial charge in [0.05, 0.1) is 10.2 Å². The fourth-order valence-electron chi connectivity index (χ4n) is 1.77. The predicted octanol–water partition coefficient (Wildman–Crippen LogP) is 2.66. The third-order valence-electron chi connectivity index (χ3n) is 2.40. The Hall–Kier alpha value is -0.510. The SMILES string of the molecule is CC(C)Cc1nn2c(c1Br)NCCC2. The zero-order valence-corrected chi connectivity index (χ0v) is 10.3. The molecule has 0 amide bonds. The zero-order valence-electron chi connectivity index (χ0n) is 8.68. The molecule has 1 aliphatic rings. The number of hydrogen-bond acceptors (Lipinski definition) is 2. The summed E-state index contributed by atoms with van der Waals surface area (Å²) in [4.78, 5) is 0. The van der Waals surface area contributed by atoms with Crippen molar-refractivity contribution >= 4 is 21.7 Å². The van der Waals surface area contributed by atoms with Crippen LogP contribution in [-0.2, 0) is 13.0 Å². The molecule has 4 heteroatoms. The summed E-state index contributed by atoms with van der Waals surface area (Å²) in [5, 5.41) is 7.98. The zero-order chi connectivity index (χ0) is 10.1. The van der Waals surface area contributed by atoms with Crippen molar-refractivity contribution in [2.24, 2.45) is 5.92 Å². The fraction of sp³-hybridized carbons (Fsp3) is 0.700. The molecule has 0 atom stereocenters. The van der Waals surface area contributed by atoms with Crippen molar-refractivity contribution in [3.05, 3.63) is 10.2 Å². The highest BCUT2D eigenvalue weighted by Crippen LogP contribution is 2.29. The summed E-state index contributed by atoms with van der Waals surface area (Å²) in [7, 11) is 0. The standard InChI is InChI=1S/C10H16BrN3/c1-7(2)6-8-9(11)10-12-4-3-5-14(10)13-8/h7,12H,3-6H2,1-2H3. The Bertz CT molecular complexity index is 330. The number of anilines is 1. The van der Waals surface area contributed by atoms with Gasteiger partial charge in [0.2, 0.25) is 0 Å². The van der Waals surface area contributed by atoms with Crippen LogP contribution in [0.2, 0.25) is 0 Å². The molecule has 0 fully saturated rings. The normalized spacial score (nSPS) is 15.4. The van der Waals surface area contributed by atoms with Gasteiger partial charge in [-0.15, -0.1) is 0 Å². The second-order valence-corrected chi connectivity index (χ2v) is 5.00. The molecule has 1 N–H and O–H groups in total. The van der Waals surface area contributed by atoms with Crippen molar-refractivity contribution in [3.63, 3.8) is 0 Å². The van der Waals surface area contributed by atoms with Gasteiger partial charge in [0, 0.05) is 13.1 Å². The highest BCUT2D eigenvalue weighted by atomic mass is 79.9. The van der Waals surface area contributed by atoms with Gasteiger partial charge < -0.3 is 5.32 Å². The second kappa shape index (κ2) is 3.93. The van der Waals surface area contributed by atoms with Crippen LogP contribution in [0.25, 0.3) is 0 Å². The molecule has 0 bridgehead atoms. The quantitative estimate of drug-likeness (QED) is 0.883. The minimum Gasteiger partial charge on any atom is -0.369 e. The summed E-state index contributed by atoms with van der Waals surface area (Å²) in [6.07, 6.45) is 2.21. The molecule has 0 unspecified atom stereocenters. The van der Waals surface area contributed by atoms with Gasteiger partial charge in [0.25, 0.3) is 0 Å². The predicted molar refractivity (Wildman–Crippen MR) is 61.6 cm³/mol. The number of hydrogen-bond donors (Lipinski definition) is 1. The summed E-state index contributed by atoms with van der Waals surface area (Å²) in [5.41, 5.74) is 1.18. The monoisotopic (exact) mass is 257 g/mol. The summed E-state index contributed by atoms with van der Waals surface area (Å²) >= 11 is 3.62. The Morgan fingerprint density at radius 3 is 3.00 bits per heavy atom. The lowest BCUT2D eigenvalue weighted by atomic mass is 10.1. The number of fused-ring (bicyclic) bond motifs is 1. The number of rotatable bonds is 2. The van der Waals surface area contributed by atoms with Gasteiger partial charge in [0.1, 0.15) is 5.82 Å². The average molecular weight is 258 g/mol. The Kier molecular flexibility index (Phi) is 2.81. The van der Waals surface area contributed by atoms with E-state index in [4.69, 9.17) is 0 Å². The molecular formula is C10H16BrN3. The molecule has 78 valence electrons. The molecule has 0 saturated carbocycles. The average Bonchev–Trinajstić information content (AvgIpc) is 2.44. The van der Waals surface area contributed by atoms with E-state index in [9.17, 15) is 0 Å². The van der Waals surface area contributed by atoms with E-state index >= 15 is 0 Å². The number of halogens is 1. The van der Waals surface area contributed by atoms with E-state index in [1.165, 1.54) is 12.1 Å². The van der Waals surface area contributed by atoms with Crippen LogP contribution in [-0.4, -0.2) is 16.3 Å². The van der Waals surface area contributed by atoms with Crippen LogP contribution < -0.4 is 5.32 Å². The van der Waals surface area contributed by atoms with Crippen LogP contribution in [0.4, 0.5) is 5.82 Å². The van der Waals surface area contributed by atoms with Crippen LogP contribution in [0.5, 0.6) is 0 Å². The van der Waals surface area contributed by atoms with Gasteiger partial charge >= 0.3 is 0 Å². The first-order chi connectivity index (χ1) is 6.68. The van der Waals surface area contributed by atoms with Crippen LogP contribution >= 0.6 is 15.9 Å². The first kappa shape index (κ1) is 10.0. The lowest BCUT2D eigenvalue weighted by Gasteiger charge is -2.15. The molecular weight excluding hydrogens is 242 g/mol. The number of aryl methyl sites for hydroxylation is 1. The molecule has 2 rings (SSSR count). The molecule has 14 heavy (non-hydrogen) atoms.